The van der Waals surface area contributed by atoms with Gasteiger partial charge in [0.2, 0.25) is 0 Å². The maximum atomic E-state index is 13.3. The molecule has 6 nitrogen and oxygen atoms in total. The maximum Gasteiger partial charge on any atom is 0.416 e. The van der Waals surface area contributed by atoms with Crippen LogP contribution in [0.4, 0.5) is 26.3 Å². The SMILES string of the molecule is Cc1cn(-c2ccc3n(c2=O)CC2CCC(Cc4cc(C(F)(F)F)cc(C(F)(F)F)c4)N2C3=O)cn1. The second-order valence-corrected chi connectivity index (χ2v) is 9.16. The van der Waals surface area contributed by atoms with Gasteiger partial charge in [0.05, 0.1) is 29.2 Å². The molecule has 4 heterocycles. The van der Waals surface area contributed by atoms with Crippen LogP contribution in [0.25, 0.3) is 5.69 Å². The molecule has 2 unspecified atom stereocenters. The summed E-state index contributed by atoms with van der Waals surface area (Å²) in [5.74, 6) is -0.470. The first-order valence-corrected chi connectivity index (χ1v) is 11.2. The number of carbonyl (C=O) groups excluding carboxylic acids is 1. The summed E-state index contributed by atoms with van der Waals surface area (Å²) in [5, 5.41) is 0. The summed E-state index contributed by atoms with van der Waals surface area (Å²) < 4.78 is 82.6. The van der Waals surface area contributed by atoms with Gasteiger partial charge >= 0.3 is 12.4 Å². The highest BCUT2D eigenvalue weighted by Crippen LogP contribution is 2.38. The van der Waals surface area contributed by atoms with Crippen LogP contribution in [0, 0.1) is 6.92 Å². The molecule has 3 aromatic rings. The predicted molar refractivity (Wildman–Crippen MR) is 116 cm³/mol. The van der Waals surface area contributed by atoms with Crippen molar-refractivity contribution in [1.29, 1.82) is 0 Å². The fourth-order valence-corrected chi connectivity index (χ4v) is 5.11. The zero-order chi connectivity index (χ0) is 26.0. The smallest absolute Gasteiger partial charge is 0.329 e. The topological polar surface area (TPSA) is 60.1 Å². The monoisotopic (exact) mass is 510 g/mol. The molecule has 0 radical (unpaired) electrons. The predicted octanol–water partition coefficient (Wildman–Crippen LogP) is 4.61. The van der Waals surface area contributed by atoms with Crippen LogP contribution in [0.15, 0.2) is 47.7 Å². The summed E-state index contributed by atoms with van der Waals surface area (Å²) >= 11 is 0. The van der Waals surface area contributed by atoms with Crippen LogP contribution in [0.5, 0.6) is 0 Å². The average Bonchev–Trinajstić information content (AvgIpc) is 3.39. The number of pyridine rings is 1. The fraction of sp³-hybridized carbons (Fsp3) is 0.375. The van der Waals surface area contributed by atoms with Crippen LogP contribution >= 0.6 is 0 Å². The Kier molecular flexibility index (Phi) is 5.53. The Labute approximate surface area is 200 Å². The van der Waals surface area contributed by atoms with Crippen LogP contribution in [0.3, 0.4) is 0 Å². The normalized spacial score (nSPS) is 20.0. The molecule has 1 saturated heterocycles. The van der Waals surface area contributed by atoms with Crippen molar-refractivity contribution in [2.75, 3.05) is 0 Å². The molecule has 1 fully saturated rings. The lowest BCUT2D eigenvalue weighted by molar-refractivity contribution is -0.143. The number of hydrogen-bond donors (Lipinski definition) is 0. The third-order valence-electron chi connectivity index (χ3n) is 6.73. The fourth-order valence-electron chi connectivity index (χ4n) is 5.11. The molecule has 2 atom stereocenters. The number of carbonyl (C=O) groups is 1. The van der Waals surface area contributed by atoms with E-state index in [-0.39, 0.29) is 41.9 Å². The van der Waals surface area contributed by atoms with Crippen molar-refractivity contribution < 1.29 is 31.1 Å². The van der Waals surface area contributed by atoms with E-state index in [0.29, 0.717) is 36.4 Å². The lowest BCUT2D eigenvalue weighted by Gasteiger charge is -2.36. The highest BCUT2D eigenvalue weighted by atomic mass is 19.4. The molecule has 36 heavy (non-hydrogen) atoms. The maximum absolute atomic E-state index is 13.3. The number of rotatable bonds is 3. The van der Waals surface area contributed by atoms with Crippen molar-refractivity contribution in [2.45, 2.75) is 57.2 Å². The van der Waals surface area contributed by atoms with Gasteiger partial charge in [-0.05, 0) is 62.1 Å². The Morgan fingerprint density at radius 3 is 2.22 bits per heavy atom. The minimum Gasteiger partial charge on any atom is -0.329 e. The lowest BCUT2D eigenvalue weighted by Crippen LogP contribution is -2.51. The minimum absolute atomic E-state index is 0.0923. The van der Waals surface area contributed by atoms with E-state index in [0.717, 1.165) is 0 Å². The standard InChI is InChI=1S/C24H20F6N4O2/c1-13-10-32(12-31-13)19-4-5-20-22(36)34-17(2-3-18(34)11-33(20)21(19)35)8-14-6-15(23(25,26)27)9-16(7-14)24(28,29)30/h4-7,9-10,12,17-18H,2-3,8,11H2,1H3. The number of alkyl halides is 6. The van der Waals surface area contributed by atoms with E-state index in [2.05, 4.69) is 4.98 Å². The Hall–Kier alpha value is -3.57. The second kappa shape index (κ2) is 8.24. The highest BCUT2D eigenvalue weighted by Gasteiger charge is 2.43. The molecule has 0 aliphatic carbocycles. The zero-order valence-electron chi connectivity index (χ0n) is 18.9. The molecular formula is C24H20F6N4O2. The second-order valence-electron chi connectivity index (χ2n) is 9.16. The quantitative estimate of drug-likeness (QED) is 0.484. The van der Waals surface area contributed by atoms with Gasteiger partial charge in [-0.1, -0.05) is 0 Å². The van der Waals surface area contributed by atoms with E-state index in [1.165, 1.54) is 27.9 Å². The largest absolute Gasteiger partial charge is 0.416 e. The van der Waals surface area contributed by atoms with Gasteiger partial charge in [-0.25, -0.2) is 4.98 Å². The van der Waals surface area contributed by atoms with E-state index >= 15 is 0 Å². The summed E-state index contributed by atoms with van der Waals surface area (Å²) in [6.07, 6.45) is -6.01. The van der Waals surface area contributed by atoms with Crippen LogP contribution in [-0.4, -0.2) is 37.0 Å². The number of aromatic nitrogens is 3. The lowest BCUT2D eigenvalue weighted by atomic mass is 9.98. The van der Waals surface area contributed by atoms with Crippen molar-refractivity contribution in [3.63, 3.8) is 0 Å². The van der Waals surface area contributed by atoms with Crippen molar-refractivity contribution in [3.05, 3.63) is 81.3 Å². The zero-order valence-corrected chi connectivity index (χ0v) is 18.9. The third kappa shape index (κ3) is 4.18. The molecule has 1 aromatic carbocycles. The van der Waals surface area contributed by atoms with E-state index in [4.69, 9.17) is 0 Å². The summed E-state index contributed by atoms with van der Waals surface area (Å²) in [7, 11) is 0. The molecule has 2 aromatic heterocycles. The molecule has 0 bridgehead atoms. The van der Waals surface area contributed by atoms with Crippen molar-refractivity contribution in [1.82, 2.24) is 19.0 Å². The number of halogens is 6. The van der Waals surface area contributed by atoms with Crippen LogP contribution in [0.1, 0.15) is 45.7 Å². The molecule has 2 aliphatic heterocycles. The number of hydrogen-bond acceptors (Lipinski definition) is 3. The molecular weight excluding hydrogens is 490 g/mol. The van der Waals surface area contributed by atoms with Crippen LogP contribution in [0.2, 0.25) is 0 Å². The van der Waals surface area contributed by atoms with Gasteiger partial charge in [0, 0.05) is 18.8 Å². The van der Waals surface area contributed by atoms with Crippen molar-refractivity contribution in [3.8, 4) is 5.69 Å². The van der Waals surface area contributed by atoms with Gasteiger partial charge in [-0.2, -0.15) is 26.3 Å². The Balaban J connectivity index is 1.46. The summed E-state index contributed by atoms with van der Waals surface area (Å²) in [6, 6.07) is 3.53. The molecule has 0 saturated carbocycles. The number of fused-ring (bicyclic) bond motifs is 2. The van der Waals surface area contributed by atoms with Gasteiger partial charge in [0.15, 0.2) is 0 Å². The minimum atomic E-state index is -4.94. The molecule has 190 valence electrons. The van der Waals surface area contributed by atoms with Crippen molar-refractivity contribution in [2.24, 2.45) is 0 Å². The Morgan fingerprint density at radius 1 is 0.972 bits per heavy atom. The van der Waals surface area contributed by atoms with Crippen LogP contribution < -0.4 is 5.56 Å². The van der Waals surface area contributed by atoms with Gasteiger partial charge in [-0.15, -0.1) is 0 Å². The highest BCUT2D eigenvalue weighted by molar-refractivity contribution is 5.94. The Bertz CT molecular complexity index is 1370. The molecule has 0 spiro atoms. The summed E-state index contributed by atoms with van der Waals surface area (Å²) in [6.45, 7) is 1.96. The molecule has 1 amide bonds. The number of aryl methyl sites for hydroxylation is 1. The Morgan fingerprint density at radius 2 is 1.64 bits per heavy atom. The summed E-state index contributed by atoms with van der Waals surface area (Å²) in [4.78, 5) is 32.1. The number of imidazole rings is 1. The number of amides is 1. The first-order valence-electron chi connectivity index (χ1n) is 11.2. The first kappa shape index (κ1) is 24.1. The number of nitrogens with zero attached hydrogens (tertiary/aromatic N) is 4. The van der Waals surface area contributed by atoms with Gasteiger partial charge < -0.3 is 14.0 Å². The molecule has 12 heteroatoms. The molecule has 2 aliphatic rings. The van der Waals surface area contributed by atoms with Gasteiger partial charge in [0.1, 0.15) is 11.4 Å². The molecule has 5 rings (SSSR count). The van der Waals surface area contributed by atoms with Crippen molar-refractivity contribution >= 4 is 5.91 Å². The average molecular weight is 510 g/mol. The number of benzene rings is 1. The first-order chi connectivity index (χ1) is 16.8. The third-order valence-corrected chi connectivity index (χ3v) is 6.73. The van der Waals surface area contributed by atoms with Gasteiger partial charge in [0.25, 0.3) is 11.5 Å². The van der Waals surface area contributed by atoms with Crippen LogP contribution in [-0.2, 0) is 25.3 Å². The van der Waals surface area contributed by atoms with E-state index in [1.807, 2.05) is 0 Å². The van der Waals surface area contributed by atoms with Gasteiger partial charge in [-0.3, -0.25) is 9.59 Å². The van der Waals surface area contributed by atoms with E-state index in [9.17, 15) is 35.9 Å². The summed E-state index contributed by atoms with van der Waals surface area (Å²) in [5.41, 5.74) is -2.14. The molecule has 0 N–H and O–H groups in total. The van der Waals surface area contributed by atoms with E-state index in [1.54, 1.807) is 17.7 Å². The van der Waals surface area contributed by atoms with E-state index < -0.39 is 35.4 Å².